The van der Waals surface area contributed by atoms with E-state index in [9.17, 15) is 9.18 Å². The van der Waals surface area contributed by atoms with Crippen LogP contribution in [0.15, 0.2) is 59.7 Å². The molecule has 4 N–H and O–H groups in total. The molecule has 3 rings (SSSR count). The number of aromatic nitrogens is 1. The summed E-state index contributed by atoms with van der Waals surface area (Å²) in [5.41, 5.74) is 2.89. The van der Waals surface area contributed by atoms with Gasteiger partial charge in [-0.25, -0.2) is 9.38 Å². The van der Waals surface area contributed by atoms with Crippen LogP contribution in [-0.4, -0.2) is 36.5 Å². The number of carbonyl (C=O) groups is 1. The molecule has 0 unspecified atom stereocenters. The number of amides is 1. The number of carbonyl (C=O) groups excluding carboxylic acids is 1. The number of rotatable bonds is 7. The van der Waals surface area contributed by atoms with Crippen LogP contribution in [0.5, 0.6) is 0 Å². The first-order valence-electron chi connectivity index (χ1n) is 9.28. The Hall–Kier alpha value is -2.62. The van der Waals surface area contributed by atoms with E-state index in [-0.39, 0.29) is 42.2 Å². The Morgan fingerprint density at radius 1 is 1.10 bits per heavy atom. The monoisotopic (exact) mass is 509 g/mol. The highest BCUT2D eigenvalue weighted by Gasteiger charge is 2.05. The predicted molar refractivity (Wildman–Crippen MR) is 126 cm³/mol. The number of anilines is 1. The molecule has 1 amide bonds. The average molecular weight is 509 g/mol. The fourth-order valence-electron chi connectivity index (χ4n) is 2.88. The van der Waals surface area contributed by atoms with Gasteiger partial charge in [-0.2, -0.15) is 0 Å². The van der Waals surface area contributed by atoms with Crippen LogP contribution in [0.4, 0.5) is 10.1 Å². The summed E-state index contributed by atoms with van der Waals surface area (Å²) in [6.45, 7) is 3.32. The van der Waals surface area contributed by atoms with Crippen molar-refractivity contribution in [3.8, 4) is 0 Å². The van der Waals surface area contributed by atoms with Gasteiger partial charge in [-0.3, -0.25) is 4.79 Å². The largest absolute Gasteiger partial charge is 0.361 e. The summed E-state index contributed by atoms with van der Waals surface area (Å²) in [5.74, 6) is -0.0260. The molecule has 2 aromatic carbocycles. The predicted octanol–water partition coefficient (Wildman–Crippen LogP) is 3.66. The van der Waals surface area contributed by atoms with E-state index in [1.807, 2.05) is 25.3 Å². The molecular weight excluding hydrogens is 484 g/mol. The number of hydrogen-bond acceptors (Lipinski definition) is 2. The first kappa shape index (κ1) is 22.7. The van der Waals surface area contributed by atoms with Crippen LogP contribution in [0.1, 0.15) is 12.5 Å². The van der Waals surface area contributed by atoms with Crippen molar-refractivity contribution in [3.63, 3.8) is 0 Å². The van der Waals surface area contributed by atoms with Crippen LogP contribution in [0.3, 0.4) is 0 Å². The minimum absolute atomic E-state index is 0. The number of guanidine groups is 1. The van der Waals surface area contributed by atoms with Gasteiger partial charge in [-0.05, 0) is 49.2 Å². The zero-order valence-corrected chi connectivity index (χ0v) is 18.5. The van der Waals surface area contributed by atoms with Gasteiger partial charge < -0.3 is 20.9 Å². The molecule has 0 aliphatic carbocycles. The molecular formula is C21H25FIN5O. The number of hydrogen-bond donors (Lipinski definition) is 4. The minimum Gasteiger partial charge on any atom is -0.361 e. The van der Waals surface area contributed by atoms with Crippen molar-refractivity contribution in [2.45, 2.75) is 13.3 Å². The fraction of sp³-hybridized carbons (Fsp3) is 0.238. The number of H-pyrrole nitrogens is 1. The first-order valence-corrected chi connectivity index (χ1v) is 9.28. The highest BCUT2D eigenvalue weighted by Crippen LogP contribution is 2.17. The molecule has 0 fully saturated rings. The number of fused-ring (bicyclic) bond motifs is 1. The summed E-state index contributed by atoms with van der Waals surface area (Å²) in [4.78, 5) is 19.6. The Kier molecular flexibility index (Phi) is 8.91. The van der Waals surface area contributed by atoms with E-state index in [1.165, 1.54) is 35.2 Å². The van der Waals surface area contributed by atoms with E-state index in [2.05, 4.69) is 38.1 Å². The molecule has 0 atom stereocenters. The third-order valence-electron chi connectivity index (χ3n) is 4.21. The lowest BCUT2D eigenvalue weighted by molar-refractivity contribution is -0.114. The molecule has 0 spiro atoms. The van der Waals surface area contributed by atoms with E-state index in [4.69, 9.17) is 0 Å². The average Bonchev–Trinajstić information content (AvgIpc) is 3.11. The van der Waals surface area contributed by atoms with Crippen molar-refractivity contribution in [3.05, 3.63) is 66.1 Å². The van der Waals surface area contributed by atoms with Gasteiger partial charge in [0, 0.05) is 35.9 Å². The molecule has 0 aliphatic rings. The van der Waals surface area contributed by atoms with Gasteiger partial charge in [0.25, 0.3) is 0 Å². The summed E-state index contributed by atoms with van der Waals surface area (Å²) in [6.07, 6.45) is 2.85. The van der Waals surface area contributed by atoms with Crippen LogP contribution in [-0.2, 0) is 11.2 Å². The number of para-hydroxylation sites is 1. The molecule has 8 heteroatoms. The van der Waals surface area contributed by atoms with Crippen LogP contribution >= 0.6 is 24.0 Å². The van der Waals surface area contributed by atoms with Crippen molar-refractivity contribution in [1.29, 1.82) is 0 Å². The maximum absolute atomic E-state index is 12.9. The van der Waals surface area contributed by atoms with Crippen molar-refractivity contribution in [2.24, 2.45) is 4.99 Å². The molecule has 1 heterocycles. The highest BCUT2D eigenvalue weighted by atomic mass is 127. The van der Waals surface area contributed by atoms with Crippen LogP contribution < -0.4 is 16.0 Å². The van der Waals surface area contributed by atoms with E-state index < -0.39 is 0 Å². The van der Waals surface area contributed by atoms with E-state index >= 15 is 0 Å². The molecule has 0 bridgehead atoms. The Morgan fingerprint density at radius 3 is 2.62 bits per heavy atom. The smallest absolute Gasteiger partial charge is 0.246 e. The maximum atomic E-state index is 12.9. The van der Waals surface area contributed by atoms with Gasteiger partial charge in [0.15, 0.2) is 5.96 Å². The van der Waals surface area contributed by atoms with E-state index in [0.717, 1.165) is 11.9 Å². The Morgan fingerprint density at radius 2 is 1.86 bits per heavy atom. The van der Waals surface area contributed by atoms with E-state index in [0.29, 0.717) is 24.7 Å². The molecule has 0 saturated heterocycles. The third kappa shape index (κ3) is 6.74. The van der Waals surface area contributed by atoms with Gasteiger partial charge in [0.2, 0.25) is 5.91 Å². The number of aliphatic imine (C=N–C) groups is 1. The van der Waals surface area contributed by atoms with Crippen molar-refractivity contribution in [1.82, 2.24) is 15.6 Å². The van der Waals surface area contributed by atoms with Crippen LogP contribution in [0.2, 0.25) is 0 Å². The Bertz CT molecular complexity index is 955. The molecule has 0 aliphatic heterocycles. The lowest BCUT2D eigenvalue weighted by atomic mass is 10.1. The van der Waals surface area contributed by atoms with Gasteiger partial charge >= 0.3 is 0 Å². The number of halogens is 2. The van der Waals surface area contributed by atoms with Gasteiger partial charge in [-0.1, -0.05) is 18.2 Å². The molecule has 29 heavy (non-hydrogen) atoms. The van der Waals surface area contributed by atoms with Gasteiger partial charge in [0.05, 0.1) is 0 Å². The van der Waals surface area contributed by atoms with E-state index in [1.54, 1.807) is 0 Å². The molecule has 3 aromatic rings. The summed E-state index contributed by atoms with van der Waals surface area (Å²) >= 11 is 0. The second-order valence-corrected chi connectivity index (χ2v) is 6.29. The van der Waals surface area contributed by atoms with Gasteiger partial charge in [-0.15, -0.1) is 24.0 Å². The summed E-state index contributed by atoms with van der Waals surface area (Å²) in [5, 5.41) is 10.3. The quantitative estimate of drug-likeness (QED) is 0.223. The number of nitrogens with one attached hydrogen (secondary N) is 4. The normalized spacial score (nSPS) is 11.0. The van der Waals surface area contributed by atoms with Crippen molar-refractivity contribution >= 4 is 52.4 Å². The first-order chi connectivity index (χ1) is 13.7. The Labute approximate surface area is 186 Å². The van der Waals surface area contributed by atoms with Crippen LogP contribution in [0, 0.1) is 5.82 Å². The molecule has 1 aromatic heterocycles. The highest BCUT2D eigenvalue weighted by molar-refractivity contribution is 14.0. The lowest BCUT2D eigenvalue weighted by Crippen LogP contribution is -2.39. The standard InChI is InChI=1S/C21H24FN5O.HI/c1-2-23-21(26-14-20(28)27-17-9-7-16(22)8-10-17)24-12-11-15-13-25-19-6-4-3-5-18(15)19;/h3-10,13,25H,2,11-12,14H2,1H3,(H,27,28)(H2,23,24,26);1H. The SMILES string of the molecule is CCNC(=NCC(=O)Nc1ccc(F)cc1)NCCc1c[nH]c2ccccc12.I. The number of nitrogens with zero attached hydrogens (tertiary/aromatic N) is 1. The summed E-state index contributed by atoms with van der Waals surface area (Å²) in [7, 11) is 0. The summed E-state index contributed by atoms with van der Waals surface area (Å²) < 4.78 is 12.9. The van der Waals surface area contributed by atoms with Gasteiger partial charge in [0.1, 0.15) is 12.4 Å². The second-order valence-electron chi connectivity index (χ2n) is 6.29. The molecule has 154 valence electrons. The zero-order chi connectivity index (χ0) is 19.8. The minimum atomic E-state index is -0.343. The van der Waals surface area contributed by atoms with Crippen molar-refractivity contribution < 1.29 is 9.18 Å². The molecule has 0 saturated carbocycles. The number of aromatic amines is 1. The lowest BCUT2D eigenvalue weighted by Gasteiger charge is -2.11. The maximum Gasteiger partial charge on any atom is 0.246 e. The molecule has 6 nitrogen and oxygen atoms in total. The number of benzene rings is 2. The molecule has 0 radical (unpaired) electrons. The zero-order valence-electron chi connectivity index (χ0n) is 16.2. The summed E-state index contributed by atoms with van der Waals surface area (Å²) in [6, 6.07) is 13.8. The van der Waals surface area contributed by atoms with Crippen LogP contribution in [0.25, 0.3) is 10.9 Å². The van der Waals surface area contributed by atoms with Crippen molar-refractivity contribution in [2.75, 3.05) is 25.0 Å². The topological polar surface area (TPSA) is 81.3 Å². The Balaban J connectivity index is 0.00000300. The third-order valence-corrected chi connectivity index (χ3v) is 4.21. The fourth-order valence-corrected chi connectivity index (χ4v) is 2.88. The second kappa shape index (κ2) is 11.4.